The van der Waals surface area contributed by atoms with E-state index in [2.05, 4.69) is 18.2 Å². The maximum Gasteiger partial charge on any atom is 0.271 e. The second-order valence-electron chi connectivity index (χ2n) is 8.72. The number of hydrogen-bond acceptors (Lipinski definition) is 5. The lowest BCUT2D eigenvalue weighted by Gasteiger charge is -2.30. The smallest absolute Gasteiger partial charge is 0.271 e. The maximum atomic E-state index is 13.8. The van der Waals surface area contributed by atoms with Crippen molar-refractivity contribution >= 4 is 46.3 Å². The van der Waals surface area contributed by atoms with Crippen molar-refractivity contribution in [2.75, 3.05) is 7.11 Å². The van der Waals surface area contributed by atoms with Crippen LogP contribution in [0.4, 0.5) is 0 Å². The van der Waals surface area contributed by atoms with E-state index in [0.717, 1.165) is 41.0 Å². The number of hydrogen-bond donors (Lipinski definition) is 1. The molecule has 1 aromatic heterocycles. The maximum absolute atomic E-state index is 13.8. The highest BCUT2D eigenvalue weighted by Gasteiger charge is 2.32. The van der Waals surface area contributed by atoms with Crippen molar-refractivity contribution in [2.24, 2.45) is 4.99 Å². The molecule has 0 saturated heterocycles. The van der Waals surface area contributed by atoms with Crippen molar-refractivity contribution < 1.29 is 9.84 Å². The number of aromatic nitrogens is 1. The van der Waals surface area contributed by atoms with Gasteiger partial charge in [0.25, 0.3) is 5.56 Å². The highest BCUT2D eigenvalue weighted by Crippen LogP contribution is 2.41. The second kappa shape index (κ2) is 8.96. The average Bonchev–Trinajstić information content (AvgIpc) is 3.20. The normalized spacial score (nSPS) is 16.8. The lowest BCUT2D eigenvalue weighted by Crippen LogP contribution is -2.38. The number of thiazole rings is 1. The van der Waals surface area contributed by atoms with E-state index in [1.165, 1.54) is 16.9 Å². The number of methoxy groups -OCH3 is 1. The number of phenolic OH excluding ortho intramolecular Hbond substituents is 1. The highest BCUT2D eigenvalue weighted by molar-refractivity contribution is 7.07. The Morgan fingerprint density at radius 2 is 1.81 bits per heavy atom. The van der Waals surface area contributed by atoms with Gasteiger partial charge < -0.3 is 9.84 Å². The summed E-state index contributed by atoms with van der Waals surface area (Å²) in [5, 5.41) is 10.2. The number of aromatic hydroxyl groups is 1. The van der Waals surface area contributed by atoms with Gasteiger partial charge in [0.1, 0.15) is 5.75 Å². The molecular weight excluding hydrogens is 515 g/mol. The third-order valence-corrected chi connectivity index (χ3v) is 8.20. The zero-order valence-electron chi connectivity index (χ0n) is 19.2. The molecule has 36 heavy (non-hydrogen) atoms. The van der Waals surface area contributed by atoms with Gasteiger partial charge in [-0.3, -0.25) is 9.36 Å². The summed E-state index contributed by atoms with van der Waals surface area (Å²) in [5.41, 5.74) is 5.96. The van der Waals surface area contributed by atoms with Crippen molar-refractivity contribution in [3.05, 3.63) is 118 Å². The average molecular weight is 535 g/mol. The van der Waals surface area contributed by atoms with Gasteiger partial charge in [0, 0.05) is 5.56 Å². The van der Waals surface area contributed by atoms with E-state index in [-0.39, 0.29) is 27.4 Å². The molecule has 0 saturated carbocycles. The molecule has 8 heteroatoms. The molecule has 2 heterocycles. The quantitative estimate of drug-likeness (QED) is 0.385. The molecule has 0 radical (unpaired) electrons. The summed E-state index contributed by atoms with van der Waals surface area (Å²) in [6.45, 7) is 0. The van der Waals surface area contributed by atoms with Crippen molar-refractivity contribution in [2.45, 2.75) is 18.9 Å². The number of allylic oxidation sites excluding steroid dienone is 1. The molecule has 180 valence electrons. The SMILES string of the molecule is COc1ccc(C2C3=C(N=c4sc(=Cc5cc(Cl)c(O)c(Cl)c5)c(=O)n42)c2ccccc2CC3)cc1. The van der Waals surface area contributed by atoms with E-state index in [1.54, 1.807) is 29.9 Å². The Labute approximate surface area is 220 Å². The van der Waals surface area contributed by atoms with Crippen LogP contribution in [0.15, 0.2) is 76.0 Å². The Balaban J connectivity index is 1.60. The molecule has 1 N–H and O–H groups in total. The van der Waals surface area contributed by atoms with Gasteiger partial charge in [-0.25, -0.2) is 4.99 Å². The molecule has 1 aliphatic carbocycles. The minimum Gasteiger partial charge on any atom is -0.505 e. The number of fused-ring (bicyclic) bond motifs is 3. The summed E-state index contributed by atoms with van der Waals surface area (Å²) in [6, 6.07) is 19.1. The summed E-state index contributed by atoms with van der Waals surface area (Å²) in [4.78, 5) is 19.5. The summed E-state index contributed by atoms with van der Waals surface area (Å²) in [6.07, 6.45) is 3.45. The number of rotatable bonds is 3. The van der Waals surface area contributed by atoms with E-state index in [0.29, 0.717) is 14.9 Å². The van der Waals surface area contributed by atoms with E-state index < -0.39 is 0 Å². The zero-order chi connectivity index (χ0) is 25.0. The number of phenols is 1. The third kappa shape index (κ3) is 3.77. The number of aryl methyl sites for hydroxylation is 1. The minimum atomic E-state index is -0.273. The molecule has 1 atom stereocenters. The molecule has 5 nitrogen and oxygen atoms in total. The van der Waals surface area contributed by atoms with Gasteiger partial charge in [-0.2, -0.15) is 0 Å². The molecule has 1 aliphatic heterocycles. The Morgan fingerprint density at radius 1 is 1.08 bits per heavy atom. The first-order valence-electron chi connectivity index (χ1n) is 11.4. The van der Waals surface area contributed by atoms with E-state index in [4.69, 9.17) is 32.9 Å². The topological polar surface area (TPSA) is 63.8 Å². The van der Waals surface area contributed by atoms with Crippen LogP contribution in [-0.4, -0.2) is 16.8 Å². The predicted octanol–water partition coefficient (Wildman–Crippen LogP) is 5.34. The Kier molecular flexibility index (Phi) is 5.75. The van der Waals surface area contributed by atoms with Crippen molar-refractivity contribution in [1.29, 1.82) is 0 Å². The van der Waals surface area contributed by atoms with E-state index in [1.807, 2.05) is 30.3 Å². The Hall–Kier alpha value is -3.32. The van der Waals surface area contributed by atoms with Crippen molar-refractivity contribution in [3.63, 3.8) is 0 Å². The van der Waals surface area contributed by atoms with Crippen LogP contribution in [0.1, 0.15) is 34.7 Å². The molecular formula is C28H20Cl2N2O3S. The van der Waals surface area contributed by atoms with Crippen LogP contribution in [0.5, 0.6) is 11.5 Å². The largest absolute Gasteiger partial charge is 0.505 e. The fourth-order valence-electron chi connectivity index (χ4n) is 4.93. The van der Waals surface area contributed by atoms with Gasteiger partial charge in [0.15, 0.2) is 10.6 Å². The fourth-order valence-corrected chi connectivity index (χ4v) is 6.43. The van der Waals surface area contributed by atoms with Gasteiger partial charge in [-0.05, 0) is 65.4 Å². The molecule has 0 fully saturated rings. The lowest BCUT2D eigenvalue weighted by atomic mass is 9.83. The van der Waals surface area contributed by atoms with Crippen LogP contribution in [0.25, 0.3) is 11.8 Å². The monoisotopic (exact) mass is 534 g/mol. The first-order valence-corrected chi connectivity index (χ1v) is 13.0. The first-order chi connectivity index (χ1) is 17.4. The van der Waals surface area contributed by atoms with Crippen LogP contribution in [0.3, 0.4) is 0 Å². The van der Waals surface area contributed by atoms with Crippen LogP contribution in [-0.2, 0) is 6.42 Å². The highest BCUT2D eigenvalue weighted by atomic mass is 35.5. The number of halogens is 2. The number of benzene rings is 3. The molecule has 1 unspecified atom stereocenters. The molecule has 6 rings (SSSR count). The van der Waals surface area contributed by atoms with Crippen LogP contribution < -0.4 is 19.6 Å². The molecule has 4 aromatic rings. The van der Waals surface area contributed by atoms with Crippen LogP contribution >= 0.6 is 34.5 Å². The lowest BCUT2D eigenvalue weighted by molar-refractivity contribution is 0.414. The standard InChI is InChI=1S/C28H20Cl2N2O3S/c1-35-18-9-6-17(7-10-18)25-20-11-8-16-4-2-3-5-19(16)24(20)31-28-32(25)27(34)23(36-28)14-15-12-21(29)26(33)22(30)13-15/h2-7,9-10,12-14,25,33H,8,11H2,1H3. The summed E-state index contributed by atoms with van der Waals surface area (Å²) < 4.78 is 7.66. The number of nitrogens with zero attached hydrogens (tertiary/aromatic N) is 2. The van der Waals surface area contributed by atoms with Gasteiger partial charge in [0.2, 0.25) is 0 Å². The zero-order valence-corrected chi connectivity index (χ0v) is 21.5. The minimum absolute atomic E-state index is 0.129. The van der Waals surface area contributed by atoms with Crippen molar-refractivity contribution in [3.8, 4) is 11.5 Å². The fraction of sp³-hybridized carbons (Fsp3) is 0.143. The number of ether oxygens (including phenoxy) is 1. The second-order valence-corrected chi connectivity index (χ2v) is 10.5. The van der Waals surface area contributed by atoms with Crippen molar-refractivity contribution in [1.82, 2.24) is 4.57 Å². The molecule has 0 amide bonds. The molecule has 2 aliphatic rings. The van der Waals surface area contributed by atoms with Gasteiger partial charge in [0.05, 0.1) is 33.4 Å². The summed E-state index contributed by atoms with van der Waals surface area (Å²) >= 11 is 13.6. The van der Waals surface area contributed by atoms with Crippen LogP contribution in [0, 0.1) is 0 Å². The molecule has 0 spiro atoms. The third-order valence-electron chi connectivity index (χ3n) is 6.64. The summed E-state index contributed by atoms with van der Waals surface area (Å²) in [7, 11) is 1.64. The van der Waals surface area contributed by atoms with E-state index in [9.17, 15) is 9.90 Å². The molecule has 0 bridgehead atoms. The first kappa shape index (κ1) is 23.1. The molecule has 3 aromatic carbocycles. The predicted molar refractivity (Wildman–Crippen MR) is 144 cm³/mol. The Morgan fingerprint density at radius 3 is 2.53 bits per heavy atom. The summed E-state index contributed by atoms with van der Waals surface area (Å²) in [5.74, 6) is 0.582. The van der Waals surface area contributed by atoms with Gasteiger partial charge >= 0.3 is 0 Å². The van der Waals surface area contributed by atoms with Gasteiger partial charge in [-0.15, -0.1) is 0 Å². The Bertz CT molecular complexity index is 1710. The van der Waals surface area contributed by atoms with Crippen LogP contribution in [0.2, 0.25) is 10.0 Å². The van der Waals surface area contributed by atoms with E-state index >= 15 is 0 Å². The van der Waals surface area contributed by atoms with Gasteiger partial charge in [-0.1, -0.05) is 70.9 Å².